The highest BCUT2D eigenvalue weighted by Gasteiger charge is 2.31. The van der Waals surface area contributed by atoms with Crippen LogP contribution in [0, 0.1) is 13.8 Å². The number of halogens is 1. The molecule has 37 heavy (non-hydrogen) atoms. The van der Waals surface area contributed by atoms with Crippen LogP contribution in [0.5, 0.6) is 23.0 Å². The average Bonchev–Trinajstić information content (AvgIpc) is 3.40. The first kappa shape index (κ1) is 26.4. The number of phenolic OH excluding ortho intramolecular Hbond substituents is 1. The Morgan fingerprint density at radius 2 is 1.68 bits per heavy atom. The number of phenols is 1. The predicted octanol–water partition coefficient (Wildman–Crippen LogP) is 6.13. The molecule has 8 nitrogen and oxygen atoms in total. The third-order valence-corrected chi connectivity index (χ3v) is 6.96. The SMILES string of the molecule is Cc1cc(Oc2ccc3nc(C(C)Oc4ccc(CC5SC(=O)NC5=O)cc4)[nH]c3c2)cc(C)c1O.Cl. The van der Waals surface area contributed by atoms with Crippen LogP contribution in [0.4, 0.5) is 4.79 Å². The van der Waals surface area contributed by atoms with Crippen molar-refractivity contribution in [3.8, 4) is 23.0 Å². The molecular weight excluding hydrogens is 514 g/mol. The third-order valence-electron chi connectivity index (χ3n) is 5.98. The summed E-state index contributed by atoms with van der Waals surface area (Å²) in [4.78, 5) is 31.1. The van der Waals surface area contributed by atoms with Gasteiger partial charge in [0.15, 0.2) is 6.10 Å². The molecule has 2 unspecified atom stereocenters. The van der Waals surface area contributed by atoms with Crippen LogP contribution in [0.25, 0.3) is 11.0 Å². The predicted molar refractivity (Wildman–Crippen MR) is 145 cm³/mol. The number of ether oxygens (including phenoxy) is 2. The normalized spacial score (nSPS) is 15.8. The monoisotopic (exact) mass is 539 g/mol. The zero-order chi connectivity index (χ0) is 25.4. The van der Waals surface area contributed by atoms with Crippen molar-refractivity contribution in [3.05, 3.63) is 77.1 Å². The van der Waals surface area contributed by atoms with Gasteiger partial charge in [0.1, 0.15) is 28.8 Å². The molecule has 1 fully saturated rings. The van der Waals surface area contributed by atoms with E-state index in [1.165, 1.54) is 0 Å². The van der Waals surface area contributed by atoms with Gasteiger partial charge in [-0.25, -0.2) is 4.98 Å². The van der Waals surface area contributed by atoms with E-state index < -0.39 is 5.25 Å². The summed E-state index contributed by atoms with van der Waals surface area (Å²) in [6.45, 7) is 5.59. The Kier molecular flexibility index (Phi) is 7.65. The topological polar surface area (TPSA) is 114 Å². The van der Waals surface area contributed by atoms with Crippen molar-refractivity contribution >= 4 is 46.3 Å². The lowest BCUT2D eigenvalue weighted by molar-refractivity contribution is -0.118. The molecule has 10 heteroatoms. The summed E-state index contributed by atoms with van der Waals surface area (Å²) in [6.07, 6.45) is 0.152. The second kappa shape index (κ2) is 10.7. The molecule has 1 aliphatic rings. The smallest absolute Gasteiger partial charge is 0.286 e. The van der Waals surface area contributed by atoms with E-state index in [-0.39, 0.29) is 35.4 Å². The molecule has 0 aliphatic carbocycles. The molecule has 0 radical (unpaired) electrons. The first-order valence-corrected chi connectivity index (χ1v) is 12.4. The van der Waals surface area contributed by atoms with Crippen molar-refractivity contribution in [3.63, 3.8) is 0 Å². The zero-order valence-electron chi connectivity index (χ0n) is 20.4. The number of hydrogen-bond donors (Lipinski definition) is 3. The van der Waals surface area contributed by atoms with Crippen LogP contribution < -0.4 is 14.8 Å². The van der Waals surface area contributed by atoms with Crippen molar-refractivity contribution in [2.24, 2.45) is 0 Å². The fourth-order valence-electron chi connectivity index (χ4n) is 4.08. The van der Waals surface area contributed by atoms with Crippen LogP contribution in [0.15, 0.2) is 54.6 Å². The van der Waals surface area contributed by atoms with E-state index in [4.69, 9.17) is 9.47 Å². The minimum Gasteiger partial charge on any atom is -0.507 e. The first-order chi connectivity index (χ1) is 17.2. The number of imide groups is 1. The van der Waals surface area contributed by atoms with Gasteiger partial charge in [-0.3, -0.25) is 14.9 Å². The number of carbonyl (C=O) groups excluding carboxylic acids is 2. The average molecular weight is 540 g/mol. The van der Waals surface area contributed by atoms with Gasteiger partial charge in [0.2, 0.25) is 5.91 Å². The van der Waals surface area contributed by atoms with Gasteiger partial charge >= 0.3 is 0 Å². The van der Waals surface area contributed by atoms with E-state index >= 15 is 0 Å². The van der Waals surface area contributed by atoms with Gasteiger partial charge in [0.25, 0.3) is 5.24 Å². The number of aryl methyl sites for hydroxylation is 2. The molecule has 4 aromatic rings. The third kappa shape index (κ3) is 5.84. The maximum absolute atomic E-state index is 11.8. The fraction of sp³-hybridized carbons (Fsp3) is 0.222. The summed E-state index contributed by atoms with van der Waals surface area (Å²) in [5, 5.41) is 11.6. The summed E-state index contributed by atoms with van der Waals surface area (Å²) < 4.78 is 12.1. The fourth-order valence-corrected chi connectivity index (χ4v) is 4.94. The molecule has 3 aromatic carbocycles. The molecule has 2 heterocycles. The molecule has 1 aliphatic heterocycles. The van der Waals surface area contributed by atoms with Crippen LogP contribution >= 0.6 is 24.2 Å². The number of nitrogens with one attached hydrogen (secondary N) is 2. The second-order valence-electron chi connectivity index (χ2n) is 8.80. The van der Waals surface area contributed by atoms with Crippen LogP contribution in [0.3, 0.4) is 0 Å². The summed E-state index contributed by atoms with van der Waals surface area (Å²) in [7, 11) is 0. The summed E-state index contributed by atoms with van der Waals surface area (Å²) in [6, 6.07) is 16.7. The number of nitrogens with zero attached hydrogens (tertiary/aromatic N) is 1. The number of imidazole rings is 1. The van der Waals surface area contributed by atoms with Crippen molar-refractivity contribution < 1.29 is 24.2 Å². The number of carbonyl (C=O) groups is 2. The number of aromatic amines is 1. The quantitative estimate of drug-likeness (QED) is 0.259. The minimum atomic E-state index is -0.394. The number of amides is 2. The van der Waals surface area contributed by atoms with Gasteiger partial charge in [0, 0.05) is 6.07 Å². The summed E-state index contributed by atoms with van der Waals surface area (Å²) in [5.74, 6) is 2.69. The van der Waals surface area contributed by atoms with Crippen LogP contribution in [0.1, 0.15) is 35.5 Å². The van der Waals surface area contributed by atoms with Crippen molar-refractivity contribution in [2.45, 2.75) is 38.5 Å². The van der Waals surface area contributed by atoms with E-state index in [0.717, 1.165) is 39.5 Å². The Hall–Kier alpha value is -3.69. The van der Waals surface area contributed by atoms with E-state index in [2.05, 4.69) is 15.3 Å². The first-order valence-electron chi connectivity index (χ1n) is 11.5. The van der Waals surface area contributed by atoms with Crippen molar-refractivity contribution in [1.29, 1.82) is 0 Å². The molecular formula is C27H26ClN3O5S. The highest BCUT2D eigenvalue weighted by molar-refractivity contribution is 8.15. The van der Waals surface area contributed by atoms with Gasteiger partial charge < -0.3 is 19.6 Å². The highest BCUT2D eigenvalue weighted by atomic mass is 35.5. The maximum atomic E-state index is 11.8. The molecule has 0 bridgehead atoms. The molecule has 5 rings (SSSR count). The van der Waals surface area contributed by atoms with Crippen molar-refractivity contribution in [2.75, 3.05) is 0 Å². The molecule has 2 atom stereocenters. The maximum Gasteiger partial charge on any atom is 0.286 e. The Morgan fingerprint density at radius 3 is 2.32 bits per heavy atom. The van der Waals surface area contributed by atoms with Gasteiger partial charge in [-0.1, -0.05) is 23.9 Å². The molecule has 0 saturated carbocycles. The lowest BCUT2D eigenvalue weighted by Crippen LogP contribution is -2.25. The Bertz CT molecular complexity index is 1450. The molecule has 192 valence electrons. The lowest BCUT2D eigenvalue weighted by Gasteiger charge is -2.13. The minimum absolute atomic E-state index is 0. The zero-order valence-corrected chi connectivity index (χ0v) is 22.0. The second-order valence-corrected chi connectivity index (χ2v) is 9.98. The summed E-state index contributed by atoms with van der Waals surface area (Å²) >= 11 is 1.02. The Labute approximate surface area is 224 Å². The number of hydrogen-bond acceptors (Lipinski definition) is 7. The number of benzene rings is 3. The number of thioether (sulfide) groups is 1. The number of H-pyrrole nitrogens is 1. The number of fused-ring (bicyclic) bond motifs is 1. The molecule has 0 spiro atoms. The molecule has 1 saturated heterocycles. The van der Waals surface area contributed by atoms with Crippen LogP contribution in [-0.4, -0.2) is 31.5 Å². The summed E-state index contributed by atoms with van der Waals surface area (Å²) in [5.41, 5.74) is 4.08. The largest absolute Gasteiger partial charge is 0.507 e. The number of rotatable bonds is 7. The van der Waals surface area contributed by atoms with Crippen LogP contribution in [-0.2, 0) is 11.2 Å². The van der Waals surface area contributed by atoms with Gasteiger partial charge in [-0.15, -0.1) is 12.4 Å². The molecule has 2 amide bonds. The van der Waals surface area contributed by atoms with Gasteiger partial charge in [0.05, 0.1) is 16.3 Å². The van der Waals surface area contributed by atoms with E-state index in [0.29, 0.717) is 29.5 Å². The van der Waals surface area contributed by atoms with E-state index in [1.54, 1.807) is 12.1 Å². The molecule has 3 N–H and O–H groups in total. The highest BCUT2D eigenvalue weighted by Crippen LogP contribution is 2.32. The van der Waals surface area contributed by atoms with Crippen molar-refractivity contribution in [1.82, 2.24) is 15.3 Å². The van der Waals surface area contributed by atoms with Gasteiger partial charge in [-0.2, -0.15) is 0 Å². The Balaban J connectivity index is 0.00000320. The number of aromatic nitrogens is 2. The molecule has 1 aromatic heterocycles. The Morgan fingerprint density at radius 1 is 1.00 bits per heavy atom. The van der Waals surface area contributed by atoms with Crippen LogP contribution in [0.2, 0.25) is 0 Å². The van der Waals surface area contributed by atoms with E-state index in [1.807, 2.05) is 63.2 Å². The standard InChI is InChI=1S/C27H25N3O5S.ClH/c1-14-10-20(11-15(2)24(14)31)35-19-8-9-21-22(13-19)29-25(28-21)16(3)34-18-6-4-17(5-7-18)12-23-26(32)30-27(33)36-23;/h4-11,13,16,23,31H,12H2,1-3H3,(H,28,29)(H,30,32,33);1H. The lowest BCUT2D eigenvalue weighted by atomic mass is 10.1. The van der Waals surface area contributed by atoms with E-state index in [9.17, 15) is 14.7 Å². The van der Waals surface area contributed by atoms with Gasteiger partial charge in [-0.05, 0) is 80.3 Å². The number of aromatic hydroxyl groups is 1.